The number of aromatic nitrogens is 1. The van der Waals surface area contributed by atoms with Crippen molar-refractivity contribution in [3.05, 3.63) is 53.7 Å². The molecule has 0 atom stereocenters. The van der Waals surface area contributed by atoms with Crippen molar-refractivity contribution in [2.45, 2.75) is 25.2 Å². The second-order valence-electron chi connectivity index (χ2n) is 8.66. The summed E-state index contributed by atoms with van der Waals surface area (Å²) in [6.45, 7) is 8.18. The Hall–Kier alpha value is -2.07. The fourth-order valence-corrected chi connectivity index (χ4v) is 4.81. The zero-order chi connectivity index (χ0) is 22.4. The standard InChI is InChI=1S/C25H35N5O2.HI/c1-20-7-8-22(31-3)21(18-20)25(9-16-32-17-10-25)19-28-24(26-2)30-14-12-29(13-15-30)23-6-4-5-11-27-23;/h4-8,11,18H,9-10,12-17,19H2,1-3H3,(H,26,28);1H. The van der Waals surface area contributed by atoms with Crippen molar-refractivity contribution in [1.29, 1.82) is 0 Å². The van der Waals surface area contributed by atoms with Crippen LogP contribution in [0.5, 0.6) is 5.75 Å². The predicted molar refractivity (Wildman–Crippen MR) is 144 cm³/mol. The molecule has 0 amide bonds. The Kier molecular flexibility index (Phi) is 9.19. The SMILES string of the molecule is CN=C(NCC1(c2cc(C)ccc2OC)CCOCC1)N1CCN(c2ccccn2)CC1.I. The van der Waals surface area contributed by atoms with Crippen molar-refractivity contribution in [3.8, 4) is 5.75 Å². The molecule has 33 heavy (non-hydrogen) atoms. The van der Waals surface area contributed by atoms with Crippen LogP contribution in [-0.4, -0.2) is 75.9 Å². The molecule has 0 spiro atoms. The van der Waals surface area contributed by atoms with Gasteiger partial charge in [0.1, 0.15) is 11.6 Å². The summed E-state index contributed by atoms with van der Waals surface area (Å²) in [6, 6.07) is 12.6. The number of benzene rings is 1. The molecule has 2 aliphatic rings. The number of anilines is 1. The normalized spacial score (nSPS) is 18.5. The second-order valence-corrected chi connectivity index (χ2v) is 8.66. The van der Waals surface area contributed by atoms with Crippen LogP contribution in [0.25, 0.3) is 0 Å². The number of hydrogen-bond donors (Lipinski definition) is 1. The molecule has 2 fully saturated rings. The van der Waals surface area contributed by atoms with Crippen LogP contribution in [0.1, 0.15) is 24.0 Å². The number of guanidine groups is 1. The highest BCUT2D eigenvalue weighted by Gasteiger charge is 2.37. The van der Waals surface area contributed by atoms with E-state index >= 15 is 0 Å². The summed E-state index contributed by atoms with van der Waals surface area (Å²) in [6.07, 6.45) is 3.78. The van der Waals surface area contributed by atoms with E-state index in [1.807, 2.05) is 25.4 Å². The van der Waals surface area contributed by atoms with Gasteiger partial charge in [-0.15, -0.1) is 24.0 Å². The Morgan fingerprint density at radius 3 is 2.55 bits per heavy atom. The number of pyridine rings is 1. The molecule has 0 bridgehead atoms. The molecule has 1 N–H and O–H groups in total. The Morgan fingerprint density at radius 2 is 1.91 bits per heavy atom. The zero-order valence-electron chi connectivity index (χ0n) is 19.9. The lowest BCUT2D eigenvalue weighted by Gasteiger charge is -2.41. The van der Waals surface area contributed by atoms with Gasteiger partial charge >= 0.3 is 0 Å². The number of nitrogens with one attached hydrogen (secondary N) is 1. The molecule has 0 aliphatic carbocycles. The van der Waals surface area contributed by atoms with Crippen LogP contribution >= 0.6 is 24.0 Å². The first-order valence-electron chi connectivity index (χ1n) is 11.5. The molecular weight excluding hydrogens is 529 g/mol. The van der Waals surface area contributed by atoms with Crippen molar-refractivity contribution in [1.82, 2.24) is 15.2 Å². The number of halogens is 1. The molecule has 2 aliphatic heterocycles. The van der Waals surface area contributed by atoms with Gasteiger partial charge in [-0.05, 0) is 38.0 Å². The lowest BCUT2D eigenvalue weighted by atomic mass is 9.73. The molecule has 1 aromatic heterocycles. The first-order valence-corrected chi connectivity index (χ1v) is 11.5. The molecular formula is C25H36IN5O2. The Bertz CT molecular complexity index is 910. The third kappa shape index (κ3) is 5.90. The van der Waals surface area contributed by atoms with Gasteiger partial charge < -0.3 is 24.6 Å². The van der Waals surface area contributed by atoms with Crippen LogP contribution in [0.2, 0.25) is 0 Å². The zero-order valence-corrected chi connectivity index (χ0v) is 22.2. The Balaban J connectivity index is 0.00000306. The smallest absolute Gasteiger partial charge is 0.193 e. The van der Waals surface area contributed by atoms with Crippen LogP contribution in [0, 0.1) is 6.92 Å². The lowest BCUT2D eigenvalue weighted by Crippen LogP contribution is -2.55. The van der Waals surface area contributed by atoms with Gasteiger partial charge in [-0.3, -0.25) is 4.99 Å². The minimum absolute atomic E-state index is 0. The number of aryl methyl sites for hydroxylation is 1. The fraction of sp³-hybridized carbons (Fsp3) is 0.520. The van der Waals surface area contributed by atoms with E-state index in [0.29, 0.717) is 0 Å². The minimum Gasteiger partial charge on any atom is -0.496 e. The molecule has 180 valence electrons. The van der Waals surface area contributed by atoms with E-state index in [0.717, 1.165) is 76.3 Å². The molecule has 0 saturated carbocycles. The molecule has 2 aromatic rings. The summed E-state index contributed by atoms with van der Waals surface area (Å²) in [5.41, 5.74) is 2.48. The van der Waals surface area contributed by atoms with Crippen LogP contribution in [0.4, 0.5) is 5.82 Å². The van der Waals surface area contributed by atoms with Gasteiger partial charge in [0.15, 0.2) is 5.96 Å². The Labute approximate surface area is 214 Å². The predicted octanol–water partition coefficient (Wildman–Crippen LogP) is 3.46. The molecule has 0 unspecified atom stereocenters. The van der Waals surface area contributed by atoms with E-state index in [2.05, 4.69) is 56.3 Å². The summed E-state index contributed by atoms with van der Waals surface area (Å²) < 4.78 is 11.5. The van der Waals surface area contributed by atoms with Crippen LogP contribution in [-0.2, 0) is 10.2 Å². The highest BCUT2D eigenvalue weighted by atomic mass is 127. The number of ether oxygens (including phenoxy) is 2. The molecule has 3 heterocycles. The first kappa shape index (κ1) is 25.6. The fourth-order valence-electron chi connectivity index (χ4n) is 4.81. The van der Waals surface area contributed by atoms with E-state index in [4.69, 9.17) is 9.47 Å². The van der Waals surface area contributed by atoms with Gasteiger partial charge in [0.2, 0.25) is 0 Å². The highest BCUT2D eigenvalue weighted by molar-refractivity contribution is 14.0. The maximum atomic E-state index is 5.76. The van der Waals surface area contributed by atoms with Crippen molar-refractivity contribution in [3.63, 3.8) is 0 Å². The summed E-state index contributed by atoms with van der Waals surface area (Å²) in [4.78, 5) is 13.8. The summed E-state index contributed by atoms with van der Waals surface area (Å²) in [5, 5.41) is 3.70. The minimum atomic E-state index is -0.0403. The first-order chi connectivity index (χ1) is 15.6. The monoisotopic (exact) mass is 565 g/mol. The van der Waals surface area contributed by atoms with Gasteiger partial charge in [-0.1, -0.05) is 23.8 Å². The number of methoxy groups -OCH3 is 1. The van der Waals surface area contributed by atoms with Crippen molar-refractivity contribution in [2.24, 2.45) is 4.99 Å². The largest absolute Gasteiger partial charge is 0.496 e. The maximum absolute atomic E-state index is 5.76. The molecule has 1 aromatic carbocycles. The maximum Gasteiger partial charge on any atom is 0.193 e. The van der Waals surface area contributed by atoms with Crippen LogP contribution in [0.15, 0.2) is 47.6 Å². The molecule has 4 rings (SSSR count). The van der Waals surface area contributed by atoms with Crippen molar-refractivity contribution < 1.29 is 9.47 Å². The van der Waals surface area contributed by atoms with Gasteiger partial charge in [0.25, 0.3) is 0 Å². The number of piperazine rings is 1. The molecule has 0 radical (unpaired) electrons. The molecule has 8 heteroatoms. The third-order valence-electron chi connectivity index (χ3n) is 6.73. The molecule has 7 nitrogen and oxygen atoms in total. The third-order valence-corrected chi connectivity index (χ3v) is 6.73. The second kappa shape index (κ2) is 11.9. The van der Waals surface area contributed by atoms with E-state index < -0.39 is 0 Å². The van der Waals surface area contributed by atoms with Gasteiger partial charge in [-0.25, -0.2) is 4.98 Å². The van der Waals surface area contributed by atoms with Crippen LogP contribution in [0.3, 0.4) is 0 Å². The Morgan fingerprint density at radius 1 is 1.15 bits per heavy atom. The quantitative estimate of drug-likeness (QED) is 0.341. The highest BCUT2D eigenvalue weighted by Crippen LogP contribution is 2.40. The van der Waals surface area contributed by atoms with E-state index in [1.165, 1.54) is 11.1 Å². The number of nitrogens with zero attached hydrogens (tertiary/aromatic N) is 4. The average Bonchev–Trinajstić information content (AvgIpc) is 2.86. The van der Waals surface area contributed by atoms with E-state index in [9.17, 15) is 0 Å². The van der Waals surface area contributed by atoms with Gasteiger partial charge in [0, 0.05) is 70.2 Å². The van der Waals surface area contributed by atoms with Crippen molar-refractivity contribution >= 4 is 35.8 Å². The summed E-state index contributed by atoms with van der Waals surface area (Å²) >= 11 is 0. The molecule has 2 saturated heterocycles. The van der Waals surface area contributed by atoms with E-state index in [1.54, 1.807) is 7.11 Å². The lowest BCUT2D eigenvalue weighted by molar-refractivity contribution is 0.0503. The summed E-state index contributed by atoms with van der Waals surface area (Å²) in [5.74, 6) is 2.96. The van der Waals surface area contributed by atoms with Crippen LogP contribution < -0.4 is 15.0 Å². The number of aliphatic imine (C=N–C) groups is 1. The van der Waals surface area contributed by atoms with E-state index in [-0.39, 0.29) is 29.4 Å². The van der Waals surface area contributed by atoms with Gasteiger partial charge in [0.05, 0.1) is 7.11 Å². The number of rotatable bonds is 5. The number of hydrogen-bond acceptors (Lipinski definition) is 5. The average molecular weight is 566 g/mol. The topological polar surface area (TPSA) is 62.2 Å². The van der Waals surface area contributed by atoms with Crippen molar-refractivity contribution in [2.75, 3.05) is 65.0 Å². The summed E-state index contributed by atoms with van der Waals surface area (Å²) in [7, 11) is 3.63. The van der Waals surface area contributed by atoms with Gasteiger partial charge in [-0.2, -0.15) is 0 Å².